The van der Waals surface area contributed by atoms with Gasteiger partial charge in [-0.1, -0.05) is 0 Å². The Balaban J connectivity index is 1.67. The van der Waals surface area contributed by atoms with Gasteiger partial charge in [0.2, 0.25) is 0 Å². The van der Waals surface area contributed by atoms with Crippen LogP contribution in [0.2, 0.25) is 0 Å². The molecule has 1 unspecified atom stereocenters. The highest BCUT2D eigenvalue weighted by atomic mass is 79.9. The Hall–Kier alpha value is -2.13. The number of morpholine rings is 1. The van der Waals surface area contributed by atoms with Crippen molar-refractivity contribution in [3.8, 4) is 0 Å². The van der Waals surface area contributed by atoms with Gasteiger partial charge in [0.1, 0.15) is 5.76 Å². The fourth-order valence-electron chi connectivity index (χ4n) is 2.30. The molecule has 9 heteroatoms. The Morgan fingerprint density at radius 2 is 2.26 bits per heavy atom. The first kappa shape index (κ1) is 15.8. The average molecular weight is 384 g/mol. The minimum absolute atomic E-state index is 0.0102. The summed E-state index contributed by atoms with van der Waals surface area (Å²) in [5, 5.41) is 13.1. The zero-order chi connectivity index (χ0) is 16.4. The number of carbonyl (C=O) groups is 2. The molecular formula is C14H14BrN3O5. The van der Waals surface area contributed by atoms with Crippen LogP contribution in [0.25, 0.3) is 0 Å². The number of halogens is 1. The molecule has 122 valence electrons. The van der Waals surface area contributed by atoms with Gasteiger partial charge in [0.25, 0.3) is 5.91 Å². The molecule has 3 rings (SSSR count). The number of carboxylic acid groups (broad SMARTS) is 1. The lowest BCUT2D eigenvalue weighted by molar-refractivity contribution is -0.154. The first-order valence-electron chi connectivity index (χ1n) is 6.93. The predicted molar refractivity (Wildman–Crippen MR) is 81.0 cm³/mol. The minimum atomic E-state index is -1.08. The number of aliphatic carboxylic acids is 1. The Morgan fingerprint density at radius 3 is 2.96 bits per heavy atom. The molecule has 0 spiro atoms. The smallest absolute Gasteiger partial charge is 0.334 e. The number of hydrogen-bond donors (Lipinski definition) is 1. The summed E-state index contributed by atoms with van der Waals surface area (Å²) < 4.78 is 13.2. The maximum absolute atomic E-state index is 12.4. The number of ether oxygens (including phenoxy) is 1. The Morgan fingerprint density at radius 1 is 1.43 bits per heavy atom. The summed E-state index contributed by atoms with van der Waals surface area (Å²) in [6.07, 6.45) is 2.46. The van der Waals surface area contributed by atoms with Gasteiger partial charge in [0, 0.05) is 12.7 Å². The Bertz CT molecular complexity index is 726. The molecular weight excluding hydrogens is 370 g/mol. The second-order valence-corrected chi connectivity index (χ2v) is 5.99. The molecule has 1 aliphatic rings. The number of carboxylic acids is 1. The topological polar surface area (TPSA) is 97.8 Å². The fraction of sp³-hybridized carbons (Fsp3) is 0.357. The van der Waals surface area contributed by atoms with Gasteiger partial charge in [-0.3, -0.25) is 9.48 Å². The number of hydrogen-bond acceptors (Lipinski definition) is 5. The zero-order valence-electron chi connectivity index (χ0n) is 12.0. The molecule has 0 saturated carbocycles. The van der Waals surface area contributed by atoms with Gasteiger partial charge >= 0.3 is 5.97 Å². The molecule has 0 radical (unpaired) electrons. The van der Waals surface area contributed by atoms with Crippen LogP contribution >= 0.6 is 15.9 Å². The van der Waals surface area contributed by atoms with Crippen molar-refractivity contribution in [1.29, 1.82) is 0 Å². The number of aromatic nitrogens is 2. The molecule has 1 N–H and O–H groups in total. The van der Waals surface area contributed by atoms with E-state index in [1.807, 2.05) is 0 Å². The van der Waals surface area contributed by atoms with Crippen LogP contribution in [0, 0.1) is 0 Å². The lowest BCUT2D eigenvalue weighted by Gasteiger charge is -2.30. The van der Waals surface area contributed by atoms with Gasteiger partial charge < -0.3 is 19.2 Å². The van der Waals surface area contributed by atoms with Crippen molar-refractivity contribution >= 4 is 27.8 Å². The van der Waals surface area contributed by atoms with E-state index >= 15 is 0 Å². The van der Waals surface area contributed by atoms with Crippen LogP contribution in [0.5, 0.6) is 0 Å². The van der Waals surface area contributed by atoms with Crippen LogP contribution in [0.15, 0.2) is 33.4 Å². The maximum Gasteiger partial charge on any atom is 0.334 e. The van der Waals surface area contributed by atoms with Crippen molar-refractivity contribution in [2.75, 3.05) is 19.7 Å². The van der Waals surface area contributed by atoms with Gasteiger partial charge in [0.15, 0.2) is 11.9 Å². The van der Waals surface area contributed by atoms with E-state index in [2.05, 4.69) is 21.0 Å². The number of nitrogens with zero attached hydrogens (tertiary/aromatic N) is 3. The van der Waals surface area contributed by atoms with Gasteiger partial charge in [0.05, 0.1) is 30.4 Å². The van der Waals surface area contributed by atoms with E-state index in [1.54, 1.807) is 29.2 Å². The molecule has 1 atom stereocenters. The molecule has 0 aromatic carbocycles. The number of rotatable bonds is 4. The standard InChI is InChI=1S/C14H14BrN3O5/c15-9-5-16-18(6-9)7-10-1-2-11(23-10)13(19)17-3-4-22-12(8-17)14(20)21/h1-2,5-6,12H,3-4,7-8H2,(H,20,21). The van der Waals surface area contributed by atoms with E-state index < -0.39 is 12.1 Å². The van der Waals surface area contributed by atoms with Gasteiger partial charge in [-0.25, -0.2) is 4.79 Å². The lowest BCUT2D eigenvalue weighted by Crippen LogP contribution is -2.48. The van der Waals surface area contributed by atoms with E-state index in [0.29, 0.717) is 18.8 Å². The first-order valence-corrected chi connectivity index (χ1v) is 7.72. The highest BCUT2D eigenvalue weighted by Gasteiger charge is 2.30. The highest BCUT2D eigenvalue weighted by Crippen LogP contribution is 2.15. The van der Waals surface area contributed by atoms with E-state index in [1.165, 1.54) is 4.90 Å². The number of carbonyl (C=O) groups excluding carboxylic acids is 1. The fourth-order valence-corrected chi connectivity index (χ4v) is 2.63. The third kappa shape index (κ3) is 3.62. The van der Waals surface area contributed by atoms with Crippen molar-refractivity contribution in [2.24, 2.45) is 0 Å². The summed E-state index contributed by atoms with van der Waals surface area (Å²) in [4.78, 5) is 24.8. The van der Waals surface area contributed by atoms with Crippen LogP contribution in [0.4, 0.5) is 0 Å². The molecule has 1 amide bonds. The van der Waals surface area contributed by atoms with Crippen molar-refractivity contribution < 1.29 is 23.8 Å². The van der Waals surface area contributed by atoms with Crippen LogP contribution < -0.4 is 0 Å². The van der Waals surface area contributed by atoms with Gasteiger partial charge in [-0.05, 0) is 28.1 Å². The van der Waals surface area contributed by atoms with Crippen LogP contribution in [-0.2, 0) is 16.1 Å². The largest absolute Gasteiger partial charge is 0.479 e. The lowest BCUT2D eigenvalue weighted by atomic mass is 10.2. The maximum atomic E-state index is 12.4. The van der Waals surface area contributed by atoms with Crippen molar-refractivity contribution in [2.45, 2.75) is 12.6 Å². The van der Waals surface area contributed by atoms with E-state index in [9.17, 15) is 9.59 Å². The molecule has 0 aliphatic carbocycles. The Labute approximate surface area is 139 Å². The molecule has 2 aromatic rings. The molecule has 8 nitrogen and oxygen atoms in total. The first-order chi connectivity index (χ1) is 11.0. The summed E-state index contributed by atoms with van der Waals surface area (Å²) in [6, 6.07) is 3.29. The number of amides is 1. The van der Waals surface area contributed by atoms with E-state index in [0.717, 1.165) is 4.47 Å². The molecule has 0 bridgehead atoms. The van der Waals surface area contributed by atoms with Crippen molar-refractivity contribution in [3.05, 3.63) is 40.5 Å². The normalized spacial score (nSPS) is 18.1. The van der Waals surface area contributed by atoms with E-state index in [-0.39, 0.29) is 24.8 Å². The van der Waals surface area contributed by atoms with E-state index in [4.69, 9.17) is 14.3 Å². The summed E-state index contributed by atoms with van der Waals surface area (Å²) in [5.41, 5.74) is 0. The van der Waals surface area contributed by atoms with Crippen molar-refractivity contribution in [3.63, 3.8) is 0 Å². The summed E-state index contributed by atoms with van der Waals surface area (Å²) in [7, 11) is 0. The summed E-state index contributed by atoms with van der Waals surface area (Å²) in [6.45, 7) is 0.943. The van der Waals surface area contributed by atoms with Crippen LogP contribution in [0.1, 0.15) is 16.3 Å². The van der Waals surface area contributed by atoms with Gasteiger partial charge in [-0.15, -0.1) is 0 Å². The summed E-state index contributed by atoms with van der Waals surface area (Å²) in [5.74, 6) is -0.649. The average Bonchev–Trinajstić information content (AvgIpc) is 3.16. The third-order valence-corrected chi connectivity index (χ3v) is 3.83. The Kier molecular flexibility index (Phi) is 4.49. The summed E-state index contributed by atoms with van der Waals surface area (Å²) >= 11 is 3.31. The molecule has 1 fully saturated rings. The molecule has 3 heterocycles. The third-order valence-electron chi connectivity index (χ3n) is 3.42. The quantitative estimate of drug-likeness (QED) is 0.851. The highest BCUT2D eigenvalue weighted by molar-refractivity contribution is 9.10. The van der Waals surface area contributed by atoms with Crippen LogP contribution in [0.3, 0.4) is 0 Å². The SMILES string of the molecule is O=C(O)C1CN(C(=O)c2ccc(Cn3cc(Br)cn3)o2)CCO1. The second kappa shape index (κ2) is 6.55. The van der Waals surface area contributed by atoms with Crippen molar-refractivity contribution in [1.82, 2.24) is 14.7 Å². The number of furan rings is 1. The molecule has 1 saturated heterocycles. The molecule has 1 aliphatic heterocycles. The van der Waals surface area contributed by atoms with Gasteiger partial charge in [-0.2, -0.15) is 5.10 Å². The van der Waals surface area contributed by atoms with Crippen LogP contribution in [-0.4, -0.2) is 57.5 Å². The minimum Gasteiger partial charge on any atom is -0.479 e. The predicted octanol–water partition coefficient (Wildman–Crippen LogP) is 1.21. The molecule has 2 aromatic heterocycles. The monoisotopic (exact) mass is 383 g/mol. The molecule has 23 heavy (non-hydrogen) atoms. The second-order valence-electron chi connectivity index (χ2n) is 5.07. The zero-order valence-corrected chi connectivity index (χ0v) is 13.6.